The Kier molecular flexibility index (Phi) is 3.28. The maximum Gasteiger partial charge on any atom is 0.368 e. The molecule has 0 aliphatic carbocycles. The van der Waals surface area contributed by atoms with Crippen molar-refractivity contribution >= 4 is 5.82 Å². The van der Waals surface area contributed by atoms with Crippen LogP contribution in [0.4, 0.5) is 5.82 Å². The van der Waals surface area contributed by atoms with E-state index >= 15 is 0 Å². The molecule has 0 spiro atoms. The Morgan fingerprint density at radius 1 is 1.53 bits per heavy atom. The number of hydrogen-bond donors (Lipinski definition) is 1. The van der Waals surface area contributed by atoms with Crippen molar-refractivity contribution in [3.8, 4) is 0 Å². The van der Waals surface area contributed by atoms with Gasteiger partial charge in [0.25, 0.3) is 0 Å². The number of furan rings is 1. The van der Waals surface area contributed by atoms with Crippen LogP contribution in [-0.2, 0) is 11.3 Å². The number of anilines is 1. The molecule has 1 aliphatic heterocycles. The van der Waals surface area contributed by atoms with Gasteiger partial charge < -0.3 is 14.5 Å². The zero-order valence-corrected chi connectivity index (χ0v) is 10.3. The van der Waals surface area contributed by atoms with Crippen LogP contribution in [0.5, 0.6) is 0 Å². The van der Waals surface area contributed by atoms with E-state index in [4.69, 9.17) is 9.15 Å². The van der Waals surface area contributed by atoms with Crippen LogP contribution in [0, 0.1) is 0 Å². The molecule has 0 bridgehead atoms. The molecule has 0 amide bonds. The van der Waals surface area contributed by atoms with Gasteiger partial charge in [-0.25, -0.2) is 4.79 Å². The molecule has 19 heavy (non-hydrogen) atoms. The van der Waals surface area contributed by atoms with Crippen LogP contribution in [-0.4, -0.2) is 21.4 Å². The van der Waals surface area contributed by atoms with E-state index in [9.17, 15) is 4.79 Å². The second-order valence-corrected chi connectivity index (χ2v) is 4.27. The van der Waals surface area contributed by atoms with Crippen molar-refractivity contribution < 1.29 is 9.15 Å². The smallest absolute Gasteiger partial charge is 0.368 e. The highest BCUT2D eigenvalue weighted by atomic mass is 16.5. The molecule has 1 fully saturated rings. The largest absolute Gasteiger partial charge is 0.467 e. The van der Waals surface area contributed by atoms with Gasteiger partial charge in [-0.05, 0) is 25.0 Å². The summed E-state index contributed by atoms with van der Waals surface area (Å²) in [5.74, 6) is 1.20. The van der Waals surface area contributed by atoms with Crippen LogP contribution in [0.25, 0.3) is 0 Å². The molecule has 2 aromatic heterocycles. The standard InChI is InChI=1S/C12H14N4O3/c17-12-15-10(13-7-9-3-1-5-18-9)8-14-16(12)11-4-2-6-19-11/h1,3,5,8,11H,2,4,6-7H2,(H,13,15,17). The van der Waals surface area contributed by atoms with Gasteiger partial charge in [0.15, 0.2) is 12.0 Å². The molecule has 7 nitrogen and oxygen atoms in total. The molecular weight excluding hydrogens is 248 g/mol. The molecule has 0 aromatic carbocycles. The second-order valence-electron chi connectivity index (χ2n) is 4.27. The Bertz CT molecular complexity index is 587. The van der Waals surface area contributed by atoms with Gasteiger partial charge in [-0.1, -0.05) is 0 Å². The molecule has 1 N–H and O–H groups in total. The van der Waals surface area contributed by atoms with Crippen LogP contribution >= 0.6 is 0 Å². The lowest BCUT2D eigenvalue weighted by Gasteiger charge is -2.11. The minimum atomic E-state index is -0.406. The van der Waals surface area contributed by atoms with Gasteiger partial charge in [0.1, 0.15) is 5.76 Å². The first kappa shape index (κ1) is 11.9. The maximum absolute atomic E-state index is 11.8. The van der Waals surface area contributed by atoms with Crippen molar-refractivity contribution in [1.29, 1.82) is 0 Å². The molecule has 3 heterocycles. The van der Waals surface area contributed by atoms with Crippen molar-refractivity contribution in [2.24, 2.45) is 0 Å². The van der Waals surface area contributed by atoms with Gasteiger partial charge in [0, 0.05) is 6.61 Å². The highest BCUT2D eigenvalue weighted by molar-refractivity contribution is 5.29. The molecule has 0 radical (unpaired) electrons. The van der Waals surface area contributed by atoms with E-state index in [-0.39, 0.29) is 6.23 Å². The summed E-state index contributed by atoms with van der Waals surface area (Å²) >= 11 is 0. The summed E-state index contributed by atoms with van der Waals surface area (Å²) < 4.78 is 11.9. The molecule has 1 aliphatic rings. The average Bonchev–Trinajstić information content (AvgIpc) is 3.10. The van der Waals surface area contributed by atoms with Gasteiger partial charge in [0.05, 0.1) is 19.0 Å². The lowest BCUT2D eigenvalue weighted by Crippen LogP contribution is -2.29. The Balaban J connectivity index is 1.70. The van der Waals surface area contributed by atoms with E-state index in [0.717, 1.165) is 18.6 Å². The van der Waals surface area contributed by atoms with Crippen LogP contribution in [0.15, 0.2) is 33.8 Å². The molecule has 100 valence electrons. The minimum absolute atomic E-state index is 0.279. The zero-order chi connectivity index (χ0) is 13.1. The van der Waals surface area contributed by atoms with Crippen molar-refractivity contribution in [3.05, 3.63) is 40.8 Å². The molecule has 2 aromatic rings. The molecule has 3 rings (SSSR count). The molecular formula is C12H14N4O3. The van der Waals surface area contributed by atoms with Crippen molar-refractivity contribution in [3.63, 3.8) is 0 Å². The van der Waals surface area contributed by atoms with Crippen LogP contribution < -0.4 is 11.0 Å². The first-order chi connectivity index (χ1) is 9.33. The van der Waals surface area contributed by atoms with Gasteiger partial charge >= 0.3 is 5.69 Å². The minimum Gasteiger partial charge on any atom is -0.467 e. The van der Waals surface area contributed by atoms with Gasteiger partial charge in [-0.3, -0.25) is 0 Å². The predicted octanol–water partition coefficient (Wildman–Crippen LogP) is 1.15. The second kappa shape index (κ2) is 5.23. The van der Waals surface area contributed by atoms with Gasteiger partial charge in [-0.15, -0.1) is 0 Å². The fraction of sp³-hybridized carbons (Fsp3) is 0.417. The fourth-order valence-corrected chi connectivity index (χ4v) is 1.98. The van der Waals surface area contributed by atoms with E-state index in [2.05, 4.69) is 15.4 Å². The fourth-order valence-electron chi connectivity index (χ4n) is 1.98. The third-order valence-electron chi connectivity index (χ3n) is 2.92. The van der Waals surface area contributed by atoms with E-state index in [1.807, 2.05) is 6.07 Å². The van der Waals surface area contributed by atoms with Crippen LogP contribution in [0.1, 0.15) is 24.8 Å². The summed E-state index contributed by atoms with van der Waals surface area (Å²) in [5, 5.41) is 7.07. The summed E-state index contributed by atoms with van der Waals surface area (Å²) in [5.41, 5.74) is -0.406. The number of nitrogens with one attached hydrogen (secondary N) is 1. The lowest BCUT2D eigenvalue weighted by molar-refractivity contribution is 0.0415. The lowest BCUT2D eigenvalue weighted by atomic mass is 10.3. The van der Waals surface area contributed by atoms with Crippen molar-refractivity contribution in [2.75, 3.05) is 11.9 Å². The third-order valence-corrected chi connectivity index (χ3v) is 2.92. The number of hydrogen-bond acceptors (Lipinski definition) is 6. The predicted molar refractivity (Wildman–Crippen MR) is 66.5 cm³/mol. The molecule has 1 atom stereocenters. The van der Waals surface area contributed by atoms with E-state index in [1.54, 1.807) is 12.3 Å². The number of ether oxygens (including phenoxy) is 1. The summed E-state index contributed by atoms with van der Waals surface area (Å²) in [7, 11) is 0. The highest BCUT2D eigenvalue weighted by Crippen LogP contribution is 2.19. The molecule has 0 saturated carbocycles. The SMILES string of the molecule is O=c1nc(NCc2ccco2)cnn1C1CCCO1. The maximum atomic E-state index is 11.8. The van der Waals surface area contributed by atoms with E-state index in [0.29, 0.717) is 19.0 Å². The third kappa shape index (κ3) is 2.65. The Morgan fingerprint density at radius 3 is 3.16 bits per heavy atom. The van der Waals surface area contributed by atoms with E-state index < -0.39 is 5.69 Å². The van der Waals surface area contributed by atoms with Crippen LogP contribution in [0.2, 0.25) is 0 Å². The van der Waals surface area contributed by atoms with Crippen molar-refractivity contribution in [2.45, 2.75) is 25.6 Å². The first-order valence-corrected chi connectivity index (χ1v) is 6.16. The summed E-state index contributed by atoms with van der Waals surface area (Å²) in [6.07, 6.45) is 4.58. The molecule has 7 heteroatoms. The average molecular weight is 262 g/mol. The summed E-state index contributed by atoms with van der Waals surface area (Å²) in [4.78, 5) is 15.8. The number of rotatable bonds is 4. The number of nitrogens with zero attached hydrogens (tertiary/aromatic N) is 3. The normalized spacial score (nSPS) is 18.6. The van der Waals surface area contributed by atoms with Crippen molar-refractivity contribution in [1.82, 2.24) is 14.8 Å². The highest BCUT2D eigenvalue weighted by Gasteiger charge is 2.20. The molecule has 1 unspecified atom stereocenters. The Labute approximate surface area is 109 Å². The summed E-state index contributed by atoms with van der Waals surface area (Å²) in [6, 6.07) is 3.64. The van der Waals surface area contributed by atoms with Gasteiger partial charge in [0.2, 0.25) is 0 Å². The Morgan fingerprint density at radius 2 is 2.47 bits per heavy atom. The summed E-state index contributed by atoms with van der Waals surface area (Å²) in [6.45, 7) is 1.13. The topological polar surface area (TPSA) is 82.2 Å². The van der Waals surface area contributed by atoms with Gasteiger partial charge in [-0.2, -0.15) is 14.8 Å². The first-order valence-electron chi connectivity index (χ1n) is 6.16. The molecule has 1 saturated heterocycles. The number of aromatic nitrogens is 3. The van der Waals surface area contributed by atoms with E-state index in [1.165, 1.54) is 10.9 Å². The van der Waals surface area contributed by atoms with Crippen LogP contribution in [0.3, 0.4) is 0 Å². The zero-order valence-electron chi connectivity index (χ0n) is 10.3. The Hall–Kier alpha value is -2.15. The monoisotopic (exact) mass is 262 g/mol. The quantitative estimate of drug-likeness (QED) is 0.890.